The van der Waals surface area contributed by atoms with Gasteiger partial charge in [-0.05, 0) is 73.2 Å². The smallest absolute Gasteiger partial charge is 0.264 e. The maximum Gasteiger partial charge on any atom is 0.264 e. The van der Waals surface area contributed by atoms with Gasteiger partial charge in [0.2, 0.25) is 5.91 Å². The van der Waals surface area contributed by atoms with E-state index in [9.17, 15) is 13.2 Å². The second-order valence-electron chi connectivity index (χ2n) is 8.70. The fourth-order valence-electron chi connectivity index (χ4n) is 3.60. The summed E-state index contributed by atoms with van der Waals surface area (Å²) < 4.78 is 28.1. The molecule has 0 aliphatic heterocycles. The fraction of sp³-hybridized carbons (Fsp3) is 0.296. The molecule has 0 aliphatic rings. The molecule has 1 atom stereocenters. The van der Waals surface area contributed by atoms with Crippen LogP contribution in [-0.4, -0.2) is 20.9 Å². The van der Waals surface area contributed by atoms with Crippen molar-refractivity contribution in [2.75, 3.05) is 10.8 Å². The molecule has 5 nitrogen and oxygen atoms in total. The minimum Gasteiger partial charge on any atom is -0.348 e. The van der Waals surface area contributed by atoms with E-state index in [2.05, 4.69) is 19.2 Å². The van der Waals surface area contributed by atoms with Gasteiger partial charge in [-0.3, -0.25) is 9.10 Å². The summed E-state index contributed by atoms with van der Waals surface area (Å²) >= 11 is 0. The lowest BCUT2D eigenvalue weighted by molar-refractivity contribution is -0.120. The van der Waals surface area contributed by atoms with Crippen molar-refractivity contribution < 1.29 is 13.2 Å². The number of hydrogen-bond acceptors (Lipinski definition) is 3. The third-order valence-corrected chi connectivity index (χ3v) is 7.66. The Bertz CT molecular complexity index is 1200. The zero-order valence-electron chi connectivity index (χ0n) is 19.9. The van der Waals surface area contributed by atoms with Crippen LogP contribution >= 0.6 is 0 Å². The Balaban J connectivity index is 1.89. The van der Waals surface area contributed by atoms with E-state index < -0.39 is 10.0 Å². The molecule has 0 saturated heterocycles. The molecule has 0 aromatic heterocycles. The largest absolute Gasteiger partial charge is 0.348 e. The quantitative estimate of drug-likeness (QED) is 0.479. The molecule has 3 aromatic carbocycles. The predicted octanol–water partition coefficient (Wildman–Crippen LogP) is 5.50. The van der Waals surface area contributed by atoms with Gasteiger partial charge >= 0.3 is 0 Å². The number of rotatable bonds is 8. The molecule has 0 heterocycles. The topological polar surface area (TPSA) is 66.5 Å². The first-order chi connectivity index (χ1) is 15.6. The third kappa shape index (κ3) is 5.82. The molecule has 33 heavy (non-hydrogen) atoms. The first-order valence-corrected chi connectivity index (χ1v) is 12.6. The van der Waals surface area contributed by atoms with Crippen molar-refractivity contribution in [3.8, 4) is 0 Å². The normalized spacial score (nSPS) is 12.4. The van der Waals surface area contributed by atoms with Gasteiger partial charge in [-0.1, -0.05) is 62.4 Å². The number of carbonyl (C=O) groups excluding carboxylic acids is 1. The van der Waals surface area contributed by atoms with Crippen LogP contribution < -0.4 is 9.62 Å². The van der Waals surface area contributed by atoms with Crippen LogP contribution in [0.4, 0.5) is 5.69 Å². The molecule has 1 amide bonds. The van der Waals surface area contributed by atoms with Crippen LogP contribution in [-0.2, 0) is 14.8 Å². The molecule has 3 rings (SSSR count). The van der Waals surface area contributed by atoms with Crippen LogP contribution in [0.1, 0.15) is 55.0 Å². The Kier molecular flexibility index (Phi) is 7.59. The molecular weight excluding hydrogens is 432 g/mol. The number of benzene rings is 3. The van der Waals surface area contributed by atoms with Crippen LogP contribution in [0.2, 0.25) is 0 Å². The number of nitrogens with zero attached hydrogens (tertiary/aromatic N) is 1. The molecular formula is C27H32N2O3S. The van der Waals surface area contributed by atoms with Gasteiger partial charge in [0.1, 0.15) is 6.54 Å². The molecule has 0 aliphatic carbocycles. The lowest BCUT2D eigenvalue weighted by Gasteiger charge is -2.25. The first kappa shape index (κ1) is 24.5. The minimum absolute atomic E-state index is 0.146. The zero-order chi connectivity index (χ0) is 24.2. The molecule has 0 spiro atoms. The van der Waals surface area contributed by atoms with Crippen LogP contribution in [0.3, 0.4) is 0 Å². The van der Waals surface area contributed by atoms with Crippen molar-refractivity contribution in [3.05, 3.63) is 95.1 Å². The van der Waals surface area contributed by atoms with E-state index in [0.717, 1.165) is 16.7 Å². The number of anilines is 1. The highest BCUT2D eigenvalue weighted by Crippen LogP contribution is 2.26. The maximum absolute atomic E-state index is 13.5. The number of sulfonamides is 1. The van der Waals surface area contributed by atoms with Crippen LogP contribution in [0.5, 0.6) is 0 Å². The standard InChI is InChI=1S/C27H32N2O3S/c1-19(2)23-13-15-25(16-14-23)29(33(31,32)26-9-7-6-8-10-26)18-27(30)28-22(5)24-12-11-20(3)21(4)17-24/h6-17,19,22H,18H2,1-5H3,(H,28,30). The number of aryl methyl sites for hydroxylation is 2. The number of amides is 1. The molecule has 1 N–H and O–H groups in total. The van der Waals surface area contributed by atoms with Gasteiger partial charge in [0.15, 0.2) is 0 Å². The van der Waals surface area contributed by atoms with E-state index in [-0.39, 0.29) is 23.4 Å². The average Bonchev–Trinajstić information content (AvgIpc) is 2.79. The van der Waals surface area contributed by atoms with Crippen molar-refractivity contribution in [1.29, 1.82) is 0 Å². The molecule has 0 bridgehead atoms. The Morgan fingerprint density at radius 2 is 1.45 bits per heavy atom. The Labute approximate surface area is 197 Å². The number of hydrogen-bond donors (Lipinski definition) is 1. The van der Waals surface area contributed by atoms with Crippen molar-refractivity contribution >= 4 is 21.6 Å². The average molecular weight is 465 g/mol. The summed E-state index contributed by atoms with van der Waals surface area (Å²) in [4.78, 5) is 13.1. The van der Waals surface area contributed by atoms with Gasteiger partial charge in [-0.25, -0.2) is 8.42 Å². The lowest BCUT2D eigenvalue weighted by atomic mass is 10.0. The van der Waals surface area contributed by atoms with Gasteiger partial charge in [-0.15, -0.1) is 0 Å². The van der Waals surface area contributed by atoms with Crippen LogP contribution in [0.25, 0.3) is 0 Å². The number of nitrogens with one attached hydrogen (secondary N) is 1. The van der Waals surface area contributed by atoms with E-state index in [0.29, 0.717) is 11.6 Å². The molecule has 1 unspecified atom stereocenters. The van der Waals surface area contributed by atoms with Crippen LogP contribution in [0, 0.1) is 13.8 Å². The third-order valence-electron chi connectivity index (χ3n) is 5.87. The van der Waals surface area contributed by atoms with Crippen LogP contribution in [0.15, 0.2) is 77.7 Å². The van der Waals surface area contributed by atoms with E-state index in [1.165, 1.54) is 9.87 Å². The summed E-state index contributed by atoms with van der Waals surface area (Å²) in [7, 11) is -3.92. The van der Waals surface area contributed by atoms with E-state index >= 15 is 0 Å². The molecule has 0 radical (unpaired) electrons. The van der Waals surface area contributed by atoms with Crippen molar-refractivity contribution in [2.45, 2.75) is 51.5 Å². The maximum atomic E-state index is 13.5. The molecule has 0 fully saturated rings. The predicted molar refractivity (Wildman–Crippen MR) is 134 cm³/mol. The van der Waals surface area contributed by atoms with Gasteiger partial charge < -0.3 is 5.32 Å². The first-order valence-electron chi connectivity index (χ1n) is 11.1. The van der Waals surface area contributed by atoms with E-state index in [4.69, 9.17) is 0 Å². The summed E-state index contributed by atoms with van der Waals surface area (Å²) in [5.41, 5.74) is 4.86. The zero-order valence-corrected chi connectivity index (χ0v) is 20.7. The van der Waals surface area contributed by atoms with Gasteiger partial charge in [0.25, 0.3) is 10.0 Å². The van der Waals surface area contributed by atoms with Crippen molar-refractivity contribution in [3.63, 3.8) is 0 Å². The highest BCUT2D eigenvalue weighted by Gasteiger charge is 2.27. The number of carbonyl (C=O) groups is 1. The Morgan fingerprint density at radius 1 is 0.848 bits per heavy atom. The minimum atomic E-state index is -3.92. The lowest BCUT2D eigenvalue weighted by Crippen LogP contribution is -2.41. The van der Waals surface area contributed by atoms with E-state index in [1.807, 2.05) is 51.1 Å². The second-order valence-corrected chi connectivity index (χ2v) is 10.6. The monoisotopic (exact) mass is 464 g/mol. The van der Waals surface area contributed by atoms with Crippen molar-refractivity contribution in [2.24, 2.45) is 0 Å². The van der Waals surface area contributed by atoms with Gasteiger partial charge in [-0.2, -0.15) is 0 Å². The summed E-state index contributed by atoms with van der Waals surface area (Å²) in [5.74, 6) is -0.0477. The summed E-state index contributed by atoms with van der Waals surface area (Å²) in [6, 6.07) is 21.3. The van der Waals surface area contributed by atoms with Gasteiger partial charge in [0, 0.05) is 0 Å². The summed E-state index contributed by atoms with van der Waals surface area (Å²) in [6.45, 7) is 9.81. The molecule has 174 valence electrons. The molecule has 6 heteroatoms. The Hall–Kier alpha value is -3.12. The highest BCUT2D eigenvalue weighted by molar-refractivity contribution is 7.92. The highest BCUT2D eigenvalue weighted by atomic mass is 32.2. The summed E-state index contributed by atoms with van der Waals surface area (Å²) in [5, 5.41) is 2.95. The SMILES string of the molecule is Cc1ccc(C(C)NC(=O)CN(c2ccc(C(C)C)cc2)S(=O)(=O)c2ccccc2)cc1C. The summed E-state index contributed by atoms with van der Waals surface area (Å²) in [6.07, 6.45) is 0. The molecule has 3 aromatic rings. The second kappa shape index (κ2) is 10.2. The van der Waals surface area contributed by atoms with Gasteiger partial charge in [0.05, 0.1) is 16.6 Å². The fourth-order valence-corrected chi connectivity index (χ4v) is 5.04. The molecule has 0 saturated carbocycles. The van der Waals surface area contributed by atoms with Crippen molar-refractivity contribution in [1.82, 2.24) is 5.32 Å². The Morgan fingerprint density at radius 3 is 2.03 bits per heavy atom. The van der Waals surface area contributed by atoms with E-state index in [1.54, 1.807) is 42.5 Å².